The van der Waals surface area contributed by atoms with Crippen molar-refractivity contribution in [3.63, 3.8) is 0 Å². The van der Waals surface area contributed by atoms with Crippen LogP contribution >= 0.6 is 0 Å². The smallest absolute Gasteiger partial charge is 0.0774 e. The molecule has 110 valence electrons. The molecule has 0 fully saturated rings. The zero-order valence-corrected chi connectivity index (χ0v) is 13.5. The molecule has 3 atom stereocenters. The molecule has 0 aromatic heterocycles. The fourth-order valence-electron chi connectivity index (χ4n) is 2.37. The molecular formula is C16H35NO. The first-order chi connectivity index (χ1) is 8.36. The lowest BCUT2D eigenvalue weighted by molar-refractivity contribution is -0.0500. The molecule has 0 aliphatic heterocycles. The van der Waals surface area contributed by atoms with Crippen molar-refractivity contribution < 1.29 is 4.74 Å². The summed E-state index contributed by atoms with van der Waals surface area (Å²) in [5.74, 6) is 0.693. The Labute approximate surface area is 115 Å². The quantitative estimate of drug-likeness (QED) is 0.665. The Morgan fingerprint density at radius 1 is 1.06 bits per heavy atom. The molecule has 0 amide bonds. The third kappa shape index (κ3) is 6.75. The molecule has 0 aromatic rings. The number of hydrogen-bond donors (Lipinski definition) is 1. The summed E-state index contributed by atoms with van der Waals surface area (Å²) < 4.78 is 6.18. The van der Waals surface area contributed by atoms with Gasteiger partial charge >= 0.3 is 0 Å². The van der Waals surface area contributed by atoms with Gasteiger partial charge in [-0.1, -0.05) is 60.8 Å². The Morgan fingerprint density at radius 2 is 1.67 bits per heavy atom. The first kappa shape index (κ1) is 17.9. The van der Waals surface area contributed by atoms with Gasteiger partial charge in [-0.3, -0.25) is 0 Å². The van der Waals surface area contributed by atoms with Gasteiger partial charge in [0.25, 0.3) is 0 Å². The van der Waals surface area contributed by atoms with Gasteiger partial charge in [-0.2, -0.15) is 0 Å². The van der Waals surface area contributed by atoms with Gasteiger partial charge < -0.3 is 10.5 Å². The predicted molar refractivity (Wildman–Crippen MR) is 80.8 cm³/mol. The van der Waals surface area contributed by atoms with Crippen molar-refractivity contribution in [2.24, 2.45) is 17.1 Å². The van der Waals surface area contributed by atoms with Crippen LogP contribution in [0.3, 0.4) is 0 Å². The molecule has 2 N–H and O–H groups in total. The second-order valence-electron chi connectivity index (χ2n) is 6.61. The van der Waals surface area contributed by atoms with Crippen LogP contribution in [0.4, 0.5) is 0 Å². The van der Waals surface area contributed by atoms with Crippen LogP contribution in [-0.2, 0) is 4.74 Å². The summed E-state index contributed by atoms with van der Waals surface area (Å²) >= 11 is 0. The van der Waals surface area contributed by atoms with Crippen LogP contribution in [0.1, 0.15) is 73.6 Å². The minimum absolute atomic E-state index is 0.123. The van der Waals surface area contributed by atoms with Crippen LogP contribution in [0.5, 0.6) is 0 Å². The Bertz CT molecular complexity index is 198. The molecule has 3 unspecified atom stereocenters. The summed E-state index contributed by atoms with van der Waals surface area (Å²) in [6.07, 6.45) is 6.21. The maximum absolute atomic E-state index is 6.21. The van der Waals surface area contributed by atoms with Crippen LogP contribution in [0.15, 0.2) is 0 Å². The summed E-state index contributed by atoms with van der Waals surface area (Å²) in [6.45, 7) is 14.2. The van der Waals surface area contributed by atoms with Crippen molar-refractivity contribution in [2.45, 2.75) is 85.8 Å². The second-order valence-corrected chi connectivity index (χ2v) is 6.61. The molecule has 0 saturated carbocycles. The van der Waals surface area contributed by atoms with Gasteiger partial charge in [-0.15, -0.1) is 0 Å². The van der Waals surface area contributed by atoms with Gasteiger partial charge in [0.2, 0.25) is 0 Å². The average molecular weight is 257 g/mol. The van der Waals surface area contributed by atoms with E-state index in [1.165, 1.54) is 25.7 Å². The fourth-order valence-corrected chi connectivity index (χ4v) is 2.37. The van der Waals surface area contributed by atoms with Crippen molar-refractivity contribution in [1.82, 2.24) is 0 Å². The third-order valence-electron chi connectivity index (χ3n) is 3.77. The van der Waals surface area contributed by atoms with E-state index in [1.54, 1.807) is 0 Å². The topological polar surface area (TPSA) is 35.2 Å². The molecule has 0 saturated heterocycles. The Balaban J connectivity index is 4.32. The first-order valence-corrected chi connectivity index (χ1v) is 7.73. The van der Waals surface area contributed by atoms with E-state index in [9.17, 15) is 0 Å². The zero-order chi connectivity index (χ0) is 14.2. The largest absolute Gasteiger partial charge is 0.376 e. The van der Waals surface area contributed by atoms with Gasteiger partial charge in [-0.25, -0.2) is 0 Å². The normalized spacial score (nSPS) is 17.5. The summed E-state index contributed by atoms with van der Waals surface area (Å²) in [4.78, 5) is 0. The van der Waals surface area contributed by atoms with E-state index in [2.05, 4.69) is 41.5 Å². The minimum Gasteiger partial charge on any atom is -0.376 e. The van der Waals surface area contributed by atoms with Crippen molar-refractivity contribution in [2.75, 3.05) is 6.61 Å². The molecule has 0 radical (unpaired) electrons. The Hall–Kier alpha value is -0.0800. The zero-order valence-electron chi connectivity index (χ0n) is 13.5. The lowest BCUT2D eigenvalue weighted by Crippen LogP contribution is -2.45. The number of hydrogen-bond acceptors (Lipinski definition) is 2. The van der Waals surface area contributed by atoms with Gasteiger partial charge in [0.05, 0.1) is 6.10 Å². The molecule has 0 heterocycles. The van der Waals surface area contributed by atoms with Gasteiger partial charge in [0.15, 0.2) is 0 Å². The van der Waals surface area contributed by atoms with E-state index in [0.717, 1.165) is 13.0 Å². The standard InChI is InChI=1S/C16H35NO/c1-7-10-11-13(8-2)12-18-15(14(17)9-3)16(4,5)6/h13-15H,7-12,17H2,1-6H3. The molecule has 18 heavy (non-hydrogen) atoms. The predicted octanol–water partition coefficient (Wildman–Crippen LogP) is 4.37. The van der Waals surface area contributed by atoms with Gasteiger partial charge in [0, 0.05) is 12.6 Å². The monoisotopic (exact) mass is 257 g/mol. The number of unbranched alkanes of at least 4 members (excludes halogenated alkanes) is 1. The number of rotatable bonds is 9. The Morgan fingerprint density at radius 3 is 2.06 bits per heavy atom. The summed E-state index contributed by atoms with van der Waals surface area (Å²) in [7, 11) is 0. The highest BCUT2D eigenvalue weighted by Gasteiger charge is 2.30. The van der Waals surface area contributed by atoms with Crippen molar-refractivity contribution in [3.8, 4) is 0 Å². The maximum Gasteiger partial charge on any atom is 0.0774 e. The maximum atomic E-state index is 6.21. The number of ether oxygens (including phenoxy) is 1. The third-order valence-corrected chi connectivity index (χ3v) is 3.77. The average Bonchev–Trinajstić information content (AvgIpc) is 2.31. The summed E-state index contributed by atoms with van der Waals surface area (Å²) in [6, 6.07) is 0.147. The second kappa shape index (κ2) is 8.92. The van der Waals surface area contributed by atoms with Crippen molar-refractivity contribution in [3.05, 3.63) is 0 Å². The fraction of sp³-hybridized carbons (Fsp3) is 1.00. The Kier molecular flexibility index (Phi) is 8.89. The summed E-state index contributed by atoms with van der Waals surface area (Å²) in [5.41, 5.74) is 6.33. The van der Waals surface area contributed by atoms with E-state index in [4.69, 9.17) is 10.5 Å². The van der Waals surface area contributed by atoms with Crippen LogP contribution in [-0.4, -0.2) is 18.8 Å². The molecule has 0 aromatic carbocycles. The van der Waals surface area contributed by atoms with E-state index < -0.39 is 0 Å². The number of nitrogens with two attached hydrogens (primary N) is 1. The molecule has 0 aliphatic carbocycles. The molecule has 0 aliphatic rings. The SMILES string of the molecule is CCCCC(CC)COC(C(N)CC)C(C)(C)C. The summed E-state index contributed by atoms with van der Waals surface area (Å²) in [5, 5.41) is 0. The van der Waals surface area contributed by atoms with E-state index >= 15 is 0 Å². The lowest BCUT2D eigenvalue weighted by atomic mass is 9.84. The van der Waals surface area contributed by atoms with Crippen LogP contribution in [0, 0.1) is 11.3 Å². The van der Waals surface area contributed by atoms with E-state index in [0.29, 0.717) is 5.92 Å². The first-order valence-electron chi connectivity index (χ1n) is 7.73. The molecule has 0 bridgehead atoms. The highest BCUT2D eigenvalue weighted by atomic mass is 16.5. The molecular weight excluding hydrogens is 222 g/mol. The van der Waals surface area contributed by atoms with E-state index in [1.807, 2.05) is 0 Å². The van der Waals surface area contributed by atoms with Crippen LogP contribution < -0.4 is 5.73 Å². The minimum atomic E-state index is 0.123. The molecule has 0 rings (SSSR count). The highest BCUT2D eigenvalue weighted by Crippen LogP contribution is 2.27. The van der Waals surface area contributed by atoms with Crippen LogP contribution in [0.25, 0.3) is 0 Å². The van der Waals surface area contributed by atoms with Crippen molar-refractivity contribution in [1.29, 1.82) is 0 Å². The van der Waals surface area contributed by atoms with Crippen LogP contribution in [0.2, 0.25) is 0 Å². The molecule has 2 heteroatoms. The van der Waals surface area contributed by atoms with Gasteiger partial charge in [-0.05, 0) is 24.2 Å². The lowest BCUT2D eigenvalue weighted by Gasteiger charge is -2.35. The van der Waals surface area contributed by atoms with Crippen molar-refractivity contribution >= 4 is 0 Å². The highest BCUT2D eigenvalue weighted by molar-refractivity contribution is 4.83. The van der Waals surface area contributed by atoms with Gasteiger partial charge in [0.1, 0.15) is 0 Å². The van der Waals surface area contributed by atoms with E-state index in [-0.39, 0.29) is 17.6 Å². The molecule has 2 nitrogen and oxygen atoms in total. The molecule has 0 spiro atoms.